The highest BCUT2D eigenvalue weighted by Gasteiger charge is 2.15. The number of rotatable bonds is 2. The van der Waals surface area contributed by atoms with Gasteiger partial charge in [0.25, 0.3) is 0 Å². The fourth-order valence-electron chi connectivity index (χ4n) is 2.43. The van der Waals surface area contributed by atoms with Crippen LogP contribution >= 0.6 is 0 Å². The first-order valence-corrected chi connectivity index (χ1v) is 6.70. The van der Waals surface area contributed by atoms with Gasteiger partial charge in [0, 0.05) is 17.3 Å². The molecule has 3 heterocycles. The van der Waals surface area contributed by atoms with Crippen molar-refractivity contribution in [1.82, 2.24) is 24.9 Å². The van der Waals surface area contributed by atoms with E-state index in [1.54, 1.807) is 18.3 Å². The molecule has 0 aliphatic rings. The van der Waals surface area contributed by atoms with Crippen LogP contribution in [0.3, 0.4) is 0 Å². The second-order valence-corrected chi connectivity index (χ2v) is 4.79. The molecule has 1 radical (unpaired) electrons. The molecule has 1 aromatic carbocycles. The van der Waals surface area contributed by atoms with Crippen LogP contribution in [-0.4, -0.2) is 24.9 Å². The van der Waals surface area contributed by atoms with E-state index in [1.165, 1.54) is 24.8 Å². The zero-order valence-corrected chi connectivity index (χ0v) is 11.6. The first kappa shape index (κ1) is 13.4. The normalized spacial score (nSPS) is 11.0. The molecule has 0 saturated heterocycles. The standard InChI is InChI=1S/C16H8F2N5/c17-10-4-9(5-11(18)6-10)13-12(2-1-3-19-13)14-15-16(22-7-20-14)23-8-21-15/h1-5,7-8H,(H,20,21,22,23). The minimum absolute atomic E-state index is 0.302. The minimum Gasteiger partial charge on any atom is -0.329 e. The summed E-state index contributed by atoms with van der Waals surface area (Å²) in [5, 5.41) is 0. The molecule has 3 aromatic heterocycles. The Bertz CT molecular complexity index is 992. The number of H-pyrrole nitrogens is 1. The van der Waals surface area contributed by atoms with Crippen LogP contribution < -0.4 is 0 Å². The number of aromatic nitrogens is 5. The fourth-order valence-corrected chi connectivity index (χ4v) is 2.43. The smallest absolute Gasteiger partial charge is 0.161 e. The number of hydrogen-bond acceptors (Lipinski definition) is 4. The van der Waals surface area contributed by atoms with Crippen molar-refractivity contribution in [2.24, 2.45) is 0 Å². The van der Waals surface area contributed by atoms with E-state index in [0.717, 1.165) is 0 Å². The van der Waals surface area contributed by atoms with Gasteiger partial charge in [0.05, 0.1) is 18.1 Å². The summed E-state index contributed by atoms with van der Waals surface area (Å²) in [6.07, 6.45) is 4.45. The highest BCUT2D eigenvalue weighted by molar-refractivity contribution is 5.91. The molecule has 4 aromatic rings. The highest BCUT2D eigenvalue weighted by Crippen LogP contribution is 2.32. The molecule has 23 heavy (non-hydrogen) atoms. The summed E-state index contributed by atoms with van der Waals surface area (Å²) in [4.78, 5) is 19.7. The first-order chi connectivity index (χ1) is 11.2. The van der Waals surface area contributed by atoms with E-state index < -0.39 is 11.6 Å². The van der Waals surface area contributed by atoms with Gasteiger partial charge in [-0.25, -0.2) is 23.7 Å². The third-order valence-electron chi connectivity index (χ3n) is 3.36. The van der Waals surface area contributed by atoms with Crippen molar-refractivity contribution in [3.63, 3.8) is 0 Å². The molecule has 0 aliphatic carbocycles. The summed E-state index contributed by atoms with van der Waals surface area (Å²) in [5.41, 5.74) is 2.98. The number of hydrogen-bond donors (Lipinski definition) is 1. The number of pyridine rings is 1. The predicted octanol–water partition coefficient (Wildman–Crippen LogP) is 3.16. The topological polar surface area (TPSA) is 67.3 Å². The van der Waals surface area contributed by atoms with Crippen LogP contribution in [0.15, 0.2) is 43.1 Å². The monoisotopic (exact) mass is 308 g/mol. The fraction of sp³-hybridized carbons (Fsp3) is 0. The molecule has 0 unspecified atom stereocenters. The van der Waals surface area contributed by atoms with Crippen molar-refractivity contribution in [3.05, 3.63) is 60.8 Å². The van der Waals surface area contributed by atoms with Gasteiger partial charge < -0.3 is 4.98 Å². The van der Waals surface area contributed by atoms with Gasteiger partial charge in [0.2, 0.25) is 0 Å². The third-order valence-corrected chi connectivity index (χ3v) is 3.36. The van der Waals surface area contributed by atoms with Gasteiger partial charge in [-0.2, -0.15) is 0 Å². The number of nitrogens with one attached hydrogen (secondary N) is 1. The lowest BCUT2D eigenvalue weighted by Crippen LogP contribution is -1.94. The van der Waals surface area contributed by atoms with Gasteiger partial charge in [0.15, 0.2) is 5.65 Å². The Morgan fingerprint density at radius 3 is 2.61 bits per heavy atom. The molecule has 5 nitrogen and oxygen atoms in total. The molecule has 0 fully saturated rings. The van der Waals surface area contributed by atoms with E-state index in [1.807, 2.05) is 6.07 Å². The number of fused-ring (bicyclic) bond motifs is 1. The molecule has 7 heteroatoms. The quantitative estimate of drug-likeness (QED) is 0.617. The van der Waals surface area contributed by atoms with Crippen molar-refractivity contribution in [2.75, 3.05) is 0 Å². The Balaban J connectivity index is 1.99. The summed E-state index contributed by atoms with van der Waals surface area (Å²) in [5.74, 6) is -1.58. The van der Waals surface area contributed by atoms with Crippen LogP contribution in [0, 0.1) is 17.7 Å². The summed E-state index contributed by atoms with van der Waals surface area (Å²) in [7, 11) is 0. The number of benzene rings is 1. The molecule has 0 amide bonds. The van der Waals surface area contributed by atoms with Gasteiger partial charge in [-0.05, 0) is 24.3 Å². The Kier molecular flexibility index (Phi) is 3.04. The Hall–Kier alpha value is -3.22. The van der Waals surface area contributed by atoms with Crippen molar-refractivity contribution in [3.8, 4) is 22.5 Å². The molecule has 111 valence electrons. The van der Waals surface area contributed by atoms with Crippen LogP contribution in [0.25, 0.3) is 33.7 Å². The molecule has 0 spiro atoms. The predicted molar refractivity (Wildman–Crippen MR) is 79.1 cm³/mol. The maximum absolute atomic E-state index is 13.5. The van der Waals surface area contributed by atoms with E-state index >= 15 is 0 Å². The minimum atomic E-state index is -0.788. The van der Waals surface area contributed by atoms with E-state index in [-0.39, 0.29) is 0 Å². The lowest BCUT2D eigenvalue weighted by atomic mass is 10.0. The van der Waals surface area contributed by atoms with Crippen LogP contribution in [0.1, 0.15) is 0 Å². The largest absolute Gasteiger partial charge is 0.329 e. The second-order valence-electron chi connectivity index (χ2n) is 4.79. The van der Waals surface area contributed by atoms with Crippen LogP contribution in [0.5, 0.6) is 0 Å². The van der Waals surface area contributed by atoms with Crippen molar-refractivity contribution < 1.29 is 8.78 Å². The van der Waals surface area contributed by atoms with E-state index in [9.17, 15) is 8.78 Å². The number of imidazole rings is 1. The van der Waals surface area contributed by atoms with E-state index in [4.69, 9.17) is 0 Å². The molecule has 4 rings (SSSR count). The van der Waals surface area contributed by atoms with Gasteiger partial charge in [0.1, 0.15) is 29.2 Å². The molecule has 0 atom stereocenters. The van der Waals surface area contributed by atoms with E-state index in [0.29, 0.717) is 33.7 Å². The van der Waals surface area contributed by atoms with Crippen molar-refractivity contribution in [1.29, 1.82) is 0 Å². The van der Waals surface area contributed by atoms with Crippen LogP contribution in [0.4, 0.5) is 8.78 Å². The highest BCUT2D eigenvalue weighted by atomic mass is 19.1. The number of halogens is 2. The van der Waals surface area contributed by atoms with Gasteiger partial charge in [-0.1, -0.05) is 0 Å². The summed E-state index contributed by atoms with van der Waals surface area (Å²) in [6, 6.07) is 7.81. The molecule has 0 saturated carbocycles. The van der Waals surface area contributed by atoms with E-state index in [2.05, 4.69) is 24.9 Å². The lowest BCUT2D eigenvalue weighted by Gasteiger charge is -2.08. The maximum atomic E-state index is 13.5. The molecule has 0 aliphatic heterocycles. The summed E-state index contributed by atoms with van der Waals surface area (Å²) < 4.78 is 27.0. The molecular weight excluding hydrogens is 300 g/mol. The Morgan fingerprint density at radius 2 is 1.78 bits per heavy atom. The SMILES string of the molecule is Fc1[c]c(F)cc(-c2ncccc2-c2ncnc3[nH]cnc23)c1. The second kappa shape index (κ2) is 5.20. The Labute approximate surface area is 129 Å². The first-order valence-electron chi connectivity index (χ1n) is 6.70. The number of nitrogens with zero attached hydrogens (tertiary/aromatic N) is 4. The molecule has 0 bridgehead atoms. The van der Waals surface area contributed by atoms with Gasteiger partial charge in [-0.3, -0.25) is 4.98 Å². The molecule has 1 N–H and O–H groups in total. The zero-order valence-electron chi connectivity index (χ0n) is 11.6. The zero-order chi connectivity index (χ0) is 15.8. The average Bonchev–Trinajstić information content (AvgIpc) is 3.02. The summed E-state index contributed by atoms with van der Waals surface area (Å²) in [6.45, 7) is 0. The average molecular weight is 308 g/mol. The van der Waals surface area contributed by atoms with Gasteiger partial charge >= 0.3 is 0 Å². The van der Waals surface area contributed by atoms with Crippen molar-refractivity contribution in [2.45, 2.75) is 0 Å². The summed E-state index contributed by atoms with van der Waals surface area (Å²) >= 11 is 0. The maximum Gasteiger partial charge on any atom is 0.161 e. The Morgan fingerprint density at radius 1 is 0.957 bits per heavy atom. The van der Waals surface area contributed by atoms with Crippen LogP contribution in [0.2, 0.25) is 0 Å². The third kappa shape index (κ3) is 2.32. The van der Waals surface area contributed by atoms with Crippen LogP contribution in [-0.2, 0) is 0 Å². The van der Waals surface area contributed by atoms with Crippen molar-refractivity contribution >= 4 is 11.2 Å². The molecular formula is C16H8F2N5. The van der Waals surface area contributed by atoms with Gasteiger partial charge in [-0.15, -0.1) is 0 Å². The lowest BCUT2D eigenvalue weighted by molar-refractivity contribution is 0.580. The number of aromatic amines is 1.